The lowest BCUT2D eigenvalue weighted by Crippen LogP contribution is -2.13. The predicted molar refractivity (Wildman–Crippen MR) is 148 cm³/mol. The number of nitrogens with zero attached hydrogens (tertiary/aromatic N) is 3. The van der Waals surface area contributed by atoms with Crippen LogP contribution in [-0.2, 0) is 0 Å². The molecule has 170 valence electrons. The van der Waals surface area contributed by atoms with Gasteiger partial charge in [-0.15, -0.1) is 0 Å². The minimum absolute atomic E-state index is 0.940. The van der Waals surface area contributed by atoms with E-state index in [2.05, 4.69) is 109 Å². The zero-order valence-corrected chi connectivity index (χ0v) is 19.7. The van der Waals surface area contributed by atoms with Crippen molar-refractivity contribution in [3.63, 3.8) is 0 Å². The summed E-state index contributed by atoms with van der Waals surface area (Å²) in [6.45, 7) is 2.06. The summed E-state index contributed by atoms with van der Waals surface area (Å²) in [5.74, 6) is 0. The fourth-order valence-corrected chi connectivity index (χ4v) is 4.06. The van der Waals surface area contributed by atoms with Crippen molar-refractivity contribution >= 4 is 34.1 Å². The summed E-state index contributed by atoms with van der Waals surface area (Å²) in [5, 5.41) is 7.00. The fraction of sp³-hybridized carbons (Fsp3) is 0.0312. The van der Waals surface area contributed by atoms with Crippen molar-refractivity contribution in [1.82, 2.24) is 0 Å². The molecule has 3 heteroatoms. The topological polar surface area (TPSA) is 18.8 Å². The summed E-state index contributed by atoms with van der Waals surface area (Å²) in [7, 11) is 0. The Kier molecular flexibility index (Phi) is 6.67. The van der Waals surface area contributed by atoms with Crippen LogP contribution in [0.3, 0.4) is 0 Å². The van der Waals surface area contributed by atoms with Crippen LogP contribution in [0, 0.1) is 0 Å². The van der Waals surface area contributed by atoms with E-state index in [-0.39, 0.29) is 0 Å². The quantitative estimate of drug-likeness (QED) is 0.181. The van der Waals surface area contributed by atoms with Gasteiger partial charge in [-0.1, -0.05) is 84.9 Å². The Labute approximate surface area is 207 Å². The first-order chi connectivity index (χ1) is 17.3. The number of rotatable bonds is 7. The summed E-state index contributed by atoms with van der Waals surface area (Å²) in [6.07, 6.45) is 0. The van der Waals surface area contributed by atoms with Gasteiger partial charge in [0.05, 0.1) is 17.1 Å². The maximum Gasteiger partial charge on any atom is 0.0655 e. The molecule has 0 amide bonds. The molecule has 0 N–H and O–H groups in total. The first kappa shape index (κ1) is 22.2. The molecule has 5 rings (SSSR count). The third-order valence-electron chi connectivity index (χ3n) is 5.82. The molecule has 3 nitrogen and oxygen atoms in total. The van der Waals surface area contributed by atoms with Gasteiger partial charge in [-0.2, -0.15) is 5.10 Å². The normalized spacial score (nSPS) is 11.2. The molecule has 35 heavy (non-hydrogen) atoms. The molecule has 0 fully saturated rings. The number of para-hydroxylation sites is 4. The summed E-state index contributed by atoms with van der Waals surface area (Å²) >= 11 is 0. The molecule has 0 radical (unpaired) electrons. The Morgan fingerprint density at radius 2 is 0.771 bits per heavy atom. The molecule has 0 aromatic heterocycles. The largest absolute Gasteiger partial charge is 0.311 e. The van der Waals surface area contributed by atoms with Gasteiger partial charge in [0.1, 0.15) is 0 Å². The summed E-state index contributed by atoms with van der Waals surface area (Å²) in [5.41, 5.74) is 7.40. The number of anilines is 5. The average molecular weight is 454 g/mol. The van der Waals surface area contributed by atoms with Crippen molar-refractivity contribution in [3.05, 3.63) is 151 Å². The van der Waals surface area contributed by atoms with Crippen LogP contribution in [0.4, 0.5) is 28.4 Å². The highest BCUT2D eigenvalue weighted by Crippen LogP contribution is 2.34. The van der Waals surface area contributed by atoms with Gasteiger partial charge in [-0.3, -0.25) is 0 Å². The molecule has 0 bridgehead atoms. The molecule has 0 atom stereocenters. The van der Waals surface area contributed by atoms with Crippen molar-refractivity contribution in [1.29, 1.82) is 0 Å². The van der Waals surface area contributed by atoms with Gasteiger partial charge in [-0.25, -0.2) is 5.01 Å². The van der Waals surface area contributed by atoms with Crippen molar-refractivity contribution in [2.75, 3.05) is 9.91 Å². The first-order valence-corrected chi connectivity index (χ1v) is 11.8. The smallest absolute Gasteiger partial charge is 0.0655 e. The molecule has 0 spiro atoms. The highest BCUT2D eigenvalue weighted by Gasteiger charge is 2.13. The van der Waals surface area contributed by atoms with Gasteiger partial charge in [0.2, 0.25) is 0 Å². The van der Waals surface area contributed by atoms with Crippen molar-refractivity contribution in [3.8, 4) is 0 Å². The lowest BCUT2D eigenvalue weighted by molar-refractivity contribution is 1.08. The zero-order valence-electron chi connectivity index (χ0n) is 19.7. The van der Waals surface area contributed by atoms with E-state index in [0.717, 1.165) is 39.7 Å². The van der Waals surface area contributed by atoms with Crippen LogP contribution in [-0.4, -0.2) is 5.71 Å². The number of hydrogen-bond acceptors (Lipinski definition) is 3. The highest BCUT2D eigenvalue weighted by atomic mass is 15.5. The molecule has 5 aromatic rings. The van der Waals surface area contributed by atoms with Gasteiger partial charge < -0.3 is 4.90 Å². The van der Waals surface area contributed by atoms with Crippen LogP contribution in [0.5, 0.6) is 0 Å². The standard InChI is InChI=1S/C32H27N3/c1-26(33-35(31-18-10-4-11-19-31)32-20-12-5-13-21-32)27-22-24-30(25-23-27)34(28-14-6-2-7-15-28)29-16-8-3-9-17-29/h2-25H,1H3/b33-26+. The zero-order chi connectivity index (χ0) is 23.9. The van der Waals surface area contributed by atoms with Crippen molar-refractivity contribution < 1.29 is 0 Å². The van der Waals surface area contributed by atoms with E-state index >= 15 is 0 Å². The second-order valence-corrected chi connectivity index (χ2v) is 8.22. The number of hydrogen-bond donors (Lipinski definition) is 0. The van der Waals surface area contributed by atoms with Crippen LogP contribution < -0.4 is 9.91 Å². The SMILES string of the molecule is C/C(=N\N(c1ccccc1)c1ccccc1)c1ccc(N(c2ccccc2)c2ccccc2)cc1. The predicted octanol–water partition coefficient (Wildman–Crippen LogP) is 8.72. The number of hydrazone groups is 1. The summed E-state index contributed by atoms with van der Waals surface area (Å²) in [6, 6.07) is 49.9. The molecule has 0 unspecified atom stereocenters. The van der Waals surface area contributed by atoms with Crippen LogP contribution in [0.25, 0.3) is 0 Å². The molecule has 0 saturated heterocycles. The molecular weight excluding hydrogens is 426 g/mol. The van der Waals surface area contributed by atoms with Crippen LogP contribution in [0.2, 0.25) is 0 Å². The van der Waals surface area contributed by atoms with E-state index in [0.29, 0.717) is 0 Å². The molecular formula is C32H27N3. The summed E-state index contributed by atoms with van der Waals surface area (Å²) < 4.78 is 0. The minimum atomic E-state index is 0.940. The molecule has 0 heterocycles. The minimum Gasteiger partial charge on any atom is -0.311 e. The molecule has 0 aliphatic rings. The lowest BCUT2D eigenvalue weighted by Gasteiger charge is -2.25. The molecule has 0 aliphatic heterocycles. The van der Waals surface area contributed by atoms with Crippen molar-refractivity contribution in [2.24, 2.45) is 5.10 Å². The van der Waals surface area contributed by atoms with E-state index in [1.807, 2.05) is 53.5 Å². The molecule has 5 aromatic carbocycles. The monoisotopic (exact) mass is 453 g/mol. The van der Waals surface area contributed by atoms with Crippen LogP contribution in [0.1, 0.15) is 12.5 Å². The third kappa shape index (κ3) is 5.15. The second kappa shape index (κ2) is 10.5. The Balaban J connectivity index is 1.49. The van der Waals surface area contributed by atoms with Gasteiger partial charge in [-0.05, 0) is 73.2 Å². The Bertz CT molecular complexity index is 1290. The Hall–Kier alpha value is -4.63. The summed E-state index contributed by atoms with van der Waals surface area (Å²) in [4.78, 5) is 2.26. The Morgan fingerprint density at radius 1 is 0.429 bits per heavy atom. The van der Waals surface area contributed by atoms with Gasteiger partial charge >= 0.3 is 0 Å². The highest BCUT2D eigenvalue weighted by molar-refractivity contribution is 6.00. The van der Waals surface area contributed by atoms with Crippen LogP contribution >= 0.6 is 0 Å². The maximum absolute atomic E-state index is 5.01. The van der Waals surface area contributed by atoms with Gasteiger partial charge in [0.15, 0.2) is 0 Å². The van der Waals surface area contributed by atoms with Gasteiger partial charge in [0, 0.05) is 17.1 Å². The maximum atomic E-state index is 5.01. The van der Waals surface area contributed by atoms with E-state index < -0.39 is 0 Å². The van der Waals surface area contributed by atoms with E-state index in [1.54, 1.807) is 0 Å². The number of benzene rings is 5. The van der Waals surface area contributed by atoms with E-state index in [1.165, 1.54) is 0 Å². The third-order valence-corrected chi connectivity index (χ3v) is 5.82. The lowest BCUT2D eigenvalue weighted by atomic mass is 10.1. The molecule has 0 aliphatic carbocycles. The van der Waals surface area contributed by atoms with Gasteiger partial charge in [0.25, 0.3) is 0 Å². The fourth-order valence-electron chi connectivity index (χ4n) is 4.06. The molecule has 0 saturated carbocycles. The van der Waals surface area contributed by atoms with Crippen LogP contribution in [0.15, 0.2) is 151 Å². The Morgan fingerprint density at radius 3 is 1.17 bits per heavy atom. The average Bonchev–Trinajstić information content (AvgIpc) is 2.94. The van der Waals surface area contributed by atoms with Crippen molar-refractivity contribution in [2.45, 2.75) is 6.92 Å². The van der Waals surface area contributed by atoms with E-state index in [4.69, 9.17) is 5.10 Å². The second-order valence-electron chi connectivity index (χ2n) is 8.22. The van der Waals surface area contributed by atoms with E-state index in [9.17, 15) is 0 Å². The first-order valence-electron chi connectivity index (χ1n) is 11.8.